The molecule has 0 aromatic heterocycles. The first-order chi connectivity index (χ1) is 11.6. The number of amides is 2. The molecule has 0 rings (SSSR count). The zero-order valence-electron chi connectivity index (χ0n) is 14.5. The first-order valence-electron chi connectivity index (χ1n) is 8.61. The number of rotatable bonds is 15. The summed E-state index contributed by atoms with van der Waals surface area (Å²) in [5.41, 5.74) is 4.78. The Balaban J connectivity index is 3.27. The number of ether oxygens (including phenoxy) is 1. The van der Waals surface area contributed by atoms with E-state index in [9.17, 15) is 14.4 Å². The number of hydrogen-bond donors (Lipinski definition) is 2. The molecule has 0 radical (unpaired) electrons. The zero-order valence-corrected chi connectivity index (χ0v) is 16.1. The smallest absolute Gasteiger partial charge is 0.319 e. The largest absolute Gasteiger partial charge is 0.465 e. The summed E-state index contributed by atoms with van der Waals surface area (Å²) in [6.07, 6.45) is 11.4. The van der Waals surface area contributed by atoms with Gasteiger partial charge in [-0.25, -0.2) is 0 Å². The quantitative estimate of drug-likeness (QED) is 0.149. The van der Waals surface area contributed by atoms with Crippen LogP contribution in [0.1, 0.15) is 71.1 Å². The Morgan fingerprint density at radius 1 is 0.958 bits per heavy atom. The van der Waals surface area contributed by atoms with Gasteiger partial charge >= 0.3 is 17.8 Å². The summed E-state index contributed by atoms with van der Waals surface area (Å²) in [6, 6.07) is 0. The molecule has 3 N–H and O–H groups in total. The second-order valence-corrected chi connectivity index (χ2v) is 7.72. The fourth-order valence-electron chi connectivity index (χ4n) is 2.00. The lowest BCUT2D eigenvalue weighted by atomic mass is 10.1. The maximum absolute atomic E-state index is 11.5. The van der Waals surface area contributed by atoms with Crippen LogP contribution in [-0.2, 0) is 19.1 Å². The Morgan fingerprint density at radius 3 is 2.12 bits per heavy atom. The molecule has 2 amide bonds. The van der Waals surface area contributed by atoms with Crippen LogP contribution in [0.2, 0.25) is 0 Å². The standard InChI is InChI=1S/C16H30N2O4S2/c1-2-3-4-5-6-7-8-9-10-11-14(19)22-12-13-23-24-18-16(21)15(17)20/h2-13H2,1H3,(H2,17,20)(H,18,21). The predicted molar refractivity (Wildman–Crippen MR) is 100 cm³/mol. The van der Waals surface area contributed by atoms with Gasteiger partial charge in [-0.3, -0.25) is 19.1 Å². The highest BCUT2D eigenvalue weighted by Gasteiger charge is 2.07. The van der Waals surface area contributed by atoms with Crippen molar-refractivity contribution in [2.24, 2.45) is 5.73 Å². The van der Waals surface area contributed by atoms with Crippen molar-refractivity contribution in [3.63, 3.8) is 0 Å². The Labute approximate surface area is 152 Å². The molecule has 24 heavy (non-hydrogen) atoms. The fraction of sp³-hybridized carbons (Fsp3) is 0.812. The average molecular weight is 379 g/mol. The molecule has 0 atom stereocenters. The van der Waals surface area contributed by atoms with Crippen LogP contribution in [0, 0.1) is 0 Å². The molecule has 0 aromatic carbocycles. The zero-order chi connectivity index (χ0) is 18.0. The number of primary amides is 1. The Morgan fingerprint density at radius 2 is 1.54 bits per heavy atom. The van der Waals surface area contributed by atoms with E-state index in [1.807, 2.05) is 0 Å². The molecule has 0 aromatic rings. The molecule has 0 saturated carbocycles. The van der Waals surface area contributed by atoms with Gasteiger partial charge in [0.05, 0.1) is 0 Å². The summed E-state index contributed by atoms with van der Waals surface area (Å²) in [5, 5.41) is 0. The van der Waals surface area contributed by atoms with Crippen LogP contribution < -0.4 is 10.5 Å². The van der Waals surface area contributed by atoms with Crippen LogP contribution >= 0.6 is 21.8 Å². The number of carbonyl (C=O) groups is 3. The summed E-state index contributed by atoms with van der Waals surface area (Å²) >= 11 is 0. The molecule has 0 aliphatic heterocycles. The van der Waals surface area contributed by atoms with Crippen LogP contribution in [0.15, 0.2) is 0 Å². The monoisotopic (exact) mass is 378 g/mol. The maximum Gasteiger partial charge on any atom is 0.319 e. The number of carbonyl (C=O) groups excluding carboxylic acids is 3. The van der Waals surface area contributed by atoms with Crippen LogP contribution in [0.3, 0.4) is 0 Å². The summed E-state index contributed by atoms with van der Waals surface area (Å²) in [7, 11) is 2.28. The van der Waals surface area contributed by atoms with Gasteiger partial charge in [-0.1, -0.05) is 69.1 Å². The second kappa shape index (κ2) is 17.0. The maximum atomic E-state index is 11.5. The van der Waals surface area contributed by atoms with Gasteiger partial charge < -0.3 is 10.5 Å². The van der Waals surface area contributed by atoms with E-state index in [0.717, 1.165) is 23.8 Å². The molecule has 0 unspecified atom stereocenters. The van der Waals surface area contributed by atoms with Crippen molar-refractivity contribution in [1.29, 1.82) is 0 Å². The molecule has 0 aliphatic rings. The van der Waals surface area contributed by atoms with Crippen molar-refractivity contribution in [2.75, 3.05) is 12.4 Å². The molecule has 0 bridgehead atoms. The lowest BCUT2D eigenvalue weighted by Crippen LogP contribution is -2.31. The highest BCUT2D eigenvalue weighted by Crippen LogP contribution is 2.16. The summed E-state index contributed by atoms with van der Waals surface area (Å²) in [6.45, 7) is 2.51. The highest BCUT2D eigenvalue weighted by atomic mass is 33.1. The van der Waals surface area contributed by atoms with Crippen LogP contribution in [-0.4, -0.2) is 30.1 Å². The molecule has 6 nitrogen and oxygen atoms in total. The minimum absolute atomic E-state index is 0.176. The molecule has 0 saturated heterocycles. The minimum atomic E-state index is -1.02. The fourth-order valence-corrected chi connectivity index (χ4v) is 3.33. The Kier molecular flexibility index (Phi) is 16.3. The second-order valence-electron chi connectivity index (χ2n) is 5.50. The highest BCUT2D eigenvalue weighted by molar-refractivity contribution is 8.76. The number of unbranched alkanes of at least 4 members (excludes halogenated alkanes) is 8. The van der Waals surface area contributed by atoms with Gasteiger partial charge in [0.25, 0.3) is 0 Å². The third-order valence-electron chi connectivity index (χ3n) is 3.33. The van der Waals surface area contributed by atoms with Crippen molar-refractivity contribution >= 4 is 39.6 Å². The number of nitrogens with one attached hydrogen (secondary N) is 1. The van der Waals surface area contributed by atoms with E-state index in [1.165, 1.54) is 55.7 Å². The average Bonchev–Trinajstić information content (AvgIpc) is 2.56. The first-order valence-corrected chi connectivity index (χ1v) is 10.9. The summed E-state index contributed by atoms with van der Waals surface area (Å²) < 4.78 is 7.36. The topological polar surface area (TPSA) is 98.5 Å². The van der Waals surface area contributed by atoms with Gasteiger partial charge in [0.15, 0.2) is 0 Å². The van der Waals surface area contributed by atoms with Gasteiger partial charge in [-0.05, 0) is 6.42 Å². The van der Waals surface area contributed by atoms with Crippen molar-refractivity contribution in [3.8, 4) is 0 Å². The van der Waals surface area contributed by atoms with Crippen LogP contribution in [0.5, 0.6) is 0 Å². The van der Waals surface area contributed by atoms with Crippen molar-refractivity contribution in [3.05, 3.63) is 0 Å². The normalized spacial score (nSPS) is 10.4. The van der Waals surface area contributed by atoms with E-state index in [4.69, 9.17) is 10.5 Å². The number of hydrogen-bond acceptors (Lipinski definition) is 6. The van der Waals surface area contributed by atoms with E-state index in [0.29, 0.717) is 18.8 Å². The molecule has 0 fully saturated rings. The van der Waals surface area contributed by atoms with Crippen LogP contribution in [0.4, 0.5) is 0 Å². The lowest BCUT2D eigenvalue weighted by Gasteiger charge is -2.05. The van der Waals surface area contributed by atoms with E-state index >= 15 is 0 Å². The van der Waals surface area contributed by atoms with Crippen molar-refractivity contribution in [2.45, 2.75) is 71.1 Å². The molecule has 0 heterocycles. The van der Waals surface area contributed by atoms with E-state index < -0.39 is 11.8 Å². The lowest BCUT2D eigenvalue weighted by molar-refractivity contribution is -0.143. The molecular weight excluding hydrogens is 348 g/mol. The summed E-state index contributed by atoms with van der Waals surface area (Å²) in [5.74, 6) is -1.50. The molecule has 0 spiro atoms. The minimum Gasteiger partial charge on any atom is -0.465 e. The number of esters is 1. The van der Waals surface area contributed by atoms with E-state index in [-0.39, 0.29) is 5.97 Å². The van der Waals surface area contributed by atoms with E-state index in [2.05, 4.69) is 11.6 Å². The Bertz CT molecular complexity index is 368. The predicted octanol–water partition coefficient (Wildman–Crippen LogP) is 3.35. The third-order valence-corrected chi connectivity index (χ3v) is 5.15. The SMILES string of the molecule is CCCCCCCCCCCC(=O)OCCSSNC(=O)C(N)=O. The number of nitrogens with two attached hydrogens (primary N) is 1. The molecule has 140 valence electrons. The van der Waals surface area contributed by atoms with Gasteiger partial charge in [0, 0.05) is 23.2 Å². The van der Waals surface area contributed by atoms with Crippen molar-refractivity contribution < 1.29 is 19.1 Å². The van der Waals surface area contributed by atoms with Gasteiger partial charge in [-0.2, -0.15) is 0 Å². The molecular formula is C16H30N2O4S2. The molecule has 0 aliphatic carbocycles. The van der Waals surface area contributed by atoms with Gasteiger partial charge in [0.1, 0.15) is 6.61 Å². The van der Waals surface area contributed by atoms with Gasteiger partial charge in [-0.15, -0.1) is 0 Å². The third kappa shape index (κ3) is 16.0. The Hall–Kier alpha value is -0.890. The molecule has 8 heteroatoms. The first kappa shape index (κ1) is 23.1. The van der Waals surface area contributed by atoms with Crippen LogP contribution in [0.25, 0.3) is 0 Å². The van der Waals surface area contributed by atoms with E-state index in [1.54, 1.807) is 0 Å². The summed E-state index contributed by atoms with van der Waals surface area (Å²) in [4.78, 5) is 32.8. The van der Waals surface area contributed by atoms with Gasteiger partial charge in [0.2, 0.25) is 0 Å². The van der Waals surface area contributed by atoms with Crippen molar-refractivity contribution in [1.82, 2.24) is 4.72 Å².